The van der Waals surface area contributed by atoms with Gasteiger partial charge in [-0.25, -0.2) is 9.59 Å². The van der Waals surface area contributed by atoms with Gasteiger partial charge in [-0.3, -0.25) is 9.59 Å². The van der Waals surface area contributed by atoms with Gasteiger partial charge in [0, 0.05) is 54.7 Å². The van der Waals surface area contributed by atoms with Crippen LogP contribution in [0.4, 0.5) is 0 Å². The second-order valence-corrected chi connectivity index (χ2v) is 20.4. The molecule has 8 nitrogen and oxygen atoms in total. The summed E-state index contributed by atoms with van der Waals surface area (Å²) in [6.07, 6.45) is 3.85. The average Bonchev–Trinajstić information content (AvgIpc) is 4.03. The Morgan fingerprint density at radius 1 is 0.565 bits per heavy atom. The van der Waals surface area contributed by atoms with Crippen LogP contribution in [0, 0.1) is 0 Å². The van der Waals surface area contributed by atoms with Crippen molar-refractivity contribution in [1.82, 2.24) is 8.80 Å². The van der Waals surface area contributed by atoms with Crippen LogP contribution in [0.5, 0.6) is 0 Å². The molecule has 0 unspecified atom stereocenters. The van der Waals surface area contributed by atoms with Gasteiger partial charge in [0.15, 0.2) is 0 Å². The van der Waals surface area contributed by atoms with Crippen molar-refractivity contribution < 1.29 is 28.7 Å². The maximum Gasteiger partial charge on any atom is 0.341 e. The van der Waals surface area contributed by atoms with Crippen molar-refractivity contribution in [3.05, 3.63) is 174 Å². The summed E-state index contributed by atoms with van der Waals surface area (Å²) in [7, 11) is 0. The molecule has 0 aliphatic heterocycles. The smallest absolute Gasteiger partial charge is 0.341 e. The number of ether oxygens (including phenoxy) is 2. The molecule has 6 heterocycles. The number of hydrogen-bond donors (Lipinski definition) is 0. The molecule has 0 bridgehead atoms. The molecule has 0 aliphatic rings. The molecule has 0 saturated carbocycles. The van der Waals surface area contributed by atoms with Crippen LogP contribution in [0.2, 0.25) is 0 Å². The number of hydrogen-bond acceptors (Lipinski definition) is 10. The number of benzene rings is 3. The van der Waals surface area contributed by atoms with Crippen molar-refractivity contribution in [2.24, 2.45) is 0 Å². The molecule has 14 heteroatoms. The second kappa shape index (κ2) is 18.0. The fourth-order valence-electron chi connectivity index (χ4n) is 7.55. The largest absolute Gasteiger partial charge is 0.462 e. The Morgan fingerprint density at radius 2 is 0.984 bits per heavy atom. The highest BCUT2D eigenvalue weighted by Crippen LogP contribution is 2.47. The van der Waals surface area contributed by atoms with Crippen LogP contribution in [-0.2, 0) is 21.0 Å². The highest BCUT2D eigenvalue weighted by molar-refractivity contribution is 9.10. The molecule has 9 aromatic rings. The van der Waals surface area contributed by atoms with E-state index in [-0.39, 0.29) is 24.8 Å². The van der Waals surface area contributed by atoms with E-state index in [1.807, 2.05) is 87.9 Å². The summed E-state index contributed by atoms with van der Waals surface area (Å²) in [4.78, 5) is 56.6. The Bertz CT molecular complexity index is 3010. The van der Waals surface area contributed by atoms with E-state index < -0.39 is 11.9 Å². The molecule has 62 heavy (non-hydrogen) atoms. The Morgan fingerprint density at radius 3 is 1.39 bits per heavy atom. The van der Waals surface area contributed by atoms with Crippen LogP contribution < -0.4 is 0 Å². The lowest BCUT2D eigenvalue weighted by Gasteiger charge is -2.06. The predicted molar refractivity (Wildman–Crippen MR) is 258 cm³/mol. The molecule has 6 aromatic heterocycles. The summed E-state index contributed by atoms with van der Waals surface area (Å²) in [5.41, 5.74) is 6.99. The number of esters is 2. The molecule has 310 valence electrons. The first kappa shape index (κ1) is 42.3. The maximum atomic E-state index is 14.2. The number of rotatable bonds is 14. The highest BCUT2D eigenvalue weighted by Gasteiger charge is 2.31. The van der Waals surface area contributed by atoms with Gasteiger partial charge in [0.05, 0.1) is 64.6 Å². The van der Waals surface area contributed by atoms with Crippen molar-refractivity contribution in [3.8, 4) is 0 Å². The quantitative estimate of drug-likeness (QED) is 0.0604. The van der Waals surface area contributed by atoms with Gasteiger partial charge in [0.2, 0.25) is 11.6 Å². The van der Waals surface area contributed by atoms with Gasteiger partial charge in [0.1, 0.15) is 0 Å². The zero-order chi connectivity index (χ0) is 43.1. The van der Waals surface area contributed by atoms with Crippen molar-refractivity contribution in [1.29, 1.82) is 0 Å². The topological polar surface area (TPSA) is 95.6 Å². The van der Waals surface area contributed by atoms with Gasteiger partial charge >= 0.3 is 11.9 Å². The summed E-state index contributed by atoms with van der Waals surface area (Å²) in [6, 6.07) is 34.3. The third kappa shape index (κ3) is 7.86. The lowest BCUT2D eigenvalue weighted by atomic mass is 10.1. The van der Waals surface area contributed by atoms with E-state index in [0.717, 1.165) is 39.5 Å². The fraction of sp³-hybridized carbons (Fsp3) is 0.125. The first-order chi connectivity index (χ1) is 30.2. The van der Waals surface area contributed by atoms with Crippen LogP contribution in [0.15, 0.2) is 139 Å². The van der Waals surface area contributed by atoms with E-state index >= 15 is 0 Å². The number of carbonyl (C=O) groups is 4. The van der Waals surface area contributed by atoms with E-state index in [0.29, 0.717) is 65.3 Å². The fourth-order valence-corrected chi connectivity index (χ4v) is 13.0. The molecule has 0 saturated heterocycles. The first-order valence-corrected chi connectivity index (χ1v) is 24.7. The zero-order valence-electron chi connectivity index (χ0n) is 33.1. The summed E-state index contributed by atoms with van der Waals surface area (Å²) in [5.74, 6) is -0.0298. The molecular weight excluding hydrogens is 989 g/mol. The van der Waals surface area contributed by atoms with Crippen molar-refractivity contribution in [2.75, 3.05) is 13.2 Å². The number of pyridine rings is 2. The van der Waals surface area contributed by atoms with Crippen LogP contribution in [0.3, 0.4) is 0 Å². The molecule has 9 rings (SSSR count). The molecule has 0 radical (unpaired) electrons. The molecule has 3 aromatic carbocycles. The summed E-state index contributed by atoms with van der Waals surface area (Å²) in [6.45, 7) is 3.97. The number of halogens is 2. The highest BCUT2D eigenvalue weighted by atomic mass is 79.9. The first-order valence-electron chi connectivity index (χ1n) is 19.6. The molecule has 0 spiro atoms. The minimum absolute atomic E-state index is 0.158. The van der Waals surface area contributed by atoms with E-state index in [9.17, 15) is 19.2 Å². The van der Waals surface area contributed by atoms with Crippen LogP contribution in [0.25, 0.3) is 32.8 Å². The van der Waals surface area contributed by atoms with Crippen LogP contribution in [-0.4, -0.2) is 45.5 Å². The van der Waals surface area contributed by atoms with E-state index in [4.69, 9.17) is 9.47 Å². The van der Waals surface area contributed by atoms with Crippen molar-refractivity contribution in [3.63, 3.8) is 0 Å². The van der Waals surface area contributed by atoms with Gasteiger partial charge in [-0.05, 0) is 97.8 Å². The Balaban J connectivity index is 1.06. The summed E-state index contributed by atoms with van der Waals surface area (Å²) in [5, 5.41) is 1.20. The average molecular weight is 1020 g/mol. The number of thiophene rings is 2. The van der Waals surface area contributed by atoms with E-state index in [2.05, 4.69) is 50.1 Å². The zero-order valence-corrected chi connectivity index (χ0v) is 39.5. The maximum absolute atomic E-state index is 14.2. The van der Waals surface area contributed by atoms with Gasteiger partial charge in [0.25, 0.3) is 0 Å². The van der Waals surface area contributed by atoms with Crippen molar-refractivity contribution >= 4 is 134 Å². The minimum Gasteiger partial charge on any atom is -0.462 e. The van der Waals surface area contributed by atoms with Gasteiger partial charge in [-0.2, -0.15) is 0 Å². The van der Waals surface area contributed by atoms with E-state index in [1.165, 1.54) is 22.7 Å². The van der Waals surface area contributed by atoms with Gasteiger partial charge in [-0.15, -0.1) is 46.2 Å². The normalized spacial score (nSPS) is 11.5. The van der Waals surface area contributed by atoms with E-state index in [1.54, 1.807) is 61.6 Å². The lowest BCUT2D eigenvalue weighted by molar-refractivity contribution is 0.0521. The minimum atomic E-state index is -0.464. The van der Waals surface area contributed by atoms with Crippen LogP contribution >= 0.6 is 78.1 Å². The van der Waals surface area contributed by atoms with Crippen LogP contribution in [0.1, 0.15) is 76.2 Å². The third-order valence-electron chi connectivity index (χ3n) is 10.2. The summed E-state index contributed by atoms with van der Waals surface area (Å²) >= 11 is 13.0. The number of carbonyl (C=O) groups excluding carboxylic acids is 4. The summed E-state index contributed by atoms with van der Waals surface area (Å²) < 4.78 is 18.7. The lowest BCUT2D eigenvalue weighted by Crippen LogP contribution is -2.06. The van der Waals surface area contributed by atoms with Gasteiger partial charge < -0.3 is 18.3 Å². The molecule has 0 fully saturated rings. The predicted octanol–water partition coefficient (Wildman–Crippen LogP) is 13.5. The molecule has 0 aliphatic carbocycles. The monoisotopic (exact) mass is 1020 g/mol. The second-order valence-electron chi connectivity index (χ2n) is 14.1. The third-order valence-corrected chi connectivity index (χ3v) is 16.3. The molecule has 0 N–H and O–H groups in total. The Hall–Kier alpha value is -4.96. The number of ketones is 2. The molecular formula is C48H34Br2N2O6S4. The Labute approximate surface area is 389 Å². The number of nitrogens with zero attached hydrogens (tertiary/aromatic N) is 2. The standard InChI is InChI=1S/C48H34Br2N2O6S4/c1-3-57-45(55)35-33-12-5-7-22-51(33)39-37(35)43(41(53)29-14-18-31(49)19-15-29)61-47(39)59-25-27-10-9-11-28(24-27)26-60-48-40-38(44(62-48)42(54)30-16-20-32(50)21-17-30)36(46(56)58-4-2)34-13-6-8-23-52(34)40/h5-24H,3-4,25-26H2,1-2H3. The number of fused-ring (bicyclic) bond motifs is 6. The SMILES string of the molecule is CCOC(=O)c1c2c(C(=O)c3ccc(Br)cc3)sc(SCc3cccc(CSc4sc(C(=O)c5ccc(Br)cc5)c5c(C(=O)OCC)c6ccccn6c45)c3)c2n2ccccc12. The van der Waals surface area contributed by atoms with Gasteiger partial charge in [-0.1, -0.05) is 68.3 Å². The number of thioether (sulfide) groups is 2. The molecule has 0 atom stereocenters. The van der Waals surface area contributed by atoms with Crippen molar-refractivity contribution in [2.45, 2.75) is 33.8 Å². The Kier molecular flexibility index (Phi) is 12.3. The number of aromatic nitrogens is 2. The molecule has 0 amide bonds.